The average molecular weight is 567 g/mol. The van der Waals surface area contributed by atoms with Crippen molar-refractivity contribution in [3.63, 3.8) is 0 Å². The van der Waals surface area contributed by atoms with E-state index in [1.165, 1.54) is 23.5 Å². The van der Waals surface area contributed by atoms with Gasteiger partial charge in [0.2, 0.25) is 0 Å². The van der Waals surface area contributed by atoms with Crippen molar-refractivity contribution in [2.24, 2.45) is 0 Å². The third kappa shape index (κ3) is 7.56. The Hall–Kier alpha value is -4.00. The van der Waals surface area contributed by atoms with Crippen LogP contribution < -0.4 is 0 Å². The first-order chi connectivity index (χ1) is 19.6. The minimum absolute atomic E-state index is 0. The number of benzene rings is 4. The molecule has 0 aliphatic rings. The van der Waals surface area contributed by atoms with E-state index in [4.69, 9.17) is 9.47 Å². The van der Waals surface area contributed by atoms with Crippen molar-refractivity contribution in [3.05, 3.63) is 151 Å². The summed E-state index contributed by atoms with van der Waals surface area (Å²) >= 11 is 2.79. The molecule has 4 rings (SSSR count). The van der Waals surface area contributed by atoms with Crippen molar-refractivity contribution in [2.75, 3.05) is 13.2 Å². The van der Waals surface area contributed by atoms with Gasteiger partial charge in [0.05, 0.1) is 17.8 Å². The molecule has 0 aliphatic heterocycles. The molecule has 0 saturated heterocycles. The highest BCUT2D eigenvalue weighted by atomic mass is 32.2. The van der Waals surface area contributed by atoms with Crippen LogP contribution in [0.15, 0.2) is 142 Å². The Balaban J connectivity index is 0.00000462. The van der Waals surface area contributed by atoms with Crippen LogP contribution in [0.4, 0.5) is 0 Å². The van der Waals surface area contributed by atoms with Gasteiger partial charge in [0.25, 0.3) is 0 Å². The van der Waals surface area contributed by atoms with Crippen LogP contribution in [0.2, 0.25) is 0 Å². The normalized spacial score (nSPS) is 12.2. The Morgan fingerprint density at radius 2 is 0.950 bits per heavy atom. The van der Waals surface area contributed by atoms with E-state index in [0.717, 1.165) is 20.9 Å². The van der Waals surface area contributed by atoms with Gasteiger partial charge in [-0.05, 0) is 48.9 Å². The predicted octanol–water partition coefficient (Wildman–Crippen LogP) is 8.45. The molecule has 40 heavy (non-hydrogen) atoms. The smallest absolute Gasteiger partial charge is 0.495 e. The fourth-order valence-electron chi connectivity index (χ4n) is 3.89. The summed E-state index contributed by atoms with van der Waals surface area (Å²) in [5.41, 5.74) is 1.81. The average Bonchev–Trinajstić information content (AvgIpc) is 3.00. The number of thioether (sulfide) groups is 2. The Labute approximate surface area is 245 Å². The van der Waals surface area contributed by atoms with Crippen LogP contribution in [0, 0.1) is 6.92 Å². The van der Waals surface area contributed by atoms with Crippen LogP contribution in [-0.4, -0.2) is 25.2 Å². The molecule has 0 heterocycles. The standard InChI is InChI=1S/C34H29O4S2/c1-3-37-33(35)29(31(25-17-9-5-10-18-25)39-27-21-13-7-14-22-27)30(34(36)38-4-2)32(26-19-11-6-12-20-26)40-28-23-15-8-16-24-28/h5-24H,1,3-4H2,2H3/q-1/p+1/b31-29+,32-30+. The molecule has 0 N–H and O–H groups in total. The van der Waals surface area contributed by atoms with Crippen molar-refractivity contribution >= 4 is 45.3 Å². The van der Waals surface area contributed by atoms with Gasteiger partial charge in [-0.25, -0.2) is 9.59 Å². The fourth-order valence-corrected chi connectivity index (χ4v) is 6.03. The maximum atomic E-state index is 13.9. The summed E-state index contributed by atoms with van der Waals surface area (Å²) in [5, 5.41) is 0. The number of esters is 2. The Morgan fingerprint density at radius 1 is 0.600 bits per heavy atom. The molecular weight excluding hydrogens is 537 g/mol. The molecule has 0 bridgehead atoms. The largest absolute Gasteiger partial charge is 1.00 e. The molecule has 4 nitrogen and oxygen atoms in total. The minimum atomic E-state index is -0.651. The summed E-state index contributed by atoms with van der Waals surface area (Å²) in [6.07, 6.45) is 0. The maximum absolute atomic E-state index is 13.9. The van der Waals surface area contributed by atoms with Crippen molar-refractivity contribution in [1.29, 1.82) is 0 Å². The molecule has 0 saturated carbocycles. The lowest BCUT2D eigenvalue weighted by Gasteiger charge is -2.21. The molecule has 0 unspecified atom stereocenters. The Kier molecular flexibility index (Phi) is 10.8. The van der Waals surface area contributed by atoms with E-state index in [-0.39, 0.29) is 25.8 Å². The third-order valence-electron chi connectivity index (χ3n) is 5.62. The van der Waals surface area contributed by atoms with E-state index in [0.29, 0.717) is 9.81 Å². The highest BCUT2D eigenvalue weighted by Crippen LogP contribution is 2.45. The lowest BCUT2D eigenvalue weighted by Crippen LogP contribution is -2.20. The van der Waals surface area contributed by atoms with Crippen LogP contribution in [-0.2, 0) is 19.1 Å². The molecule has 0 aromatic heterocycles. The molecule has 0 aliphatic carbocycles. The van der Waals surface area contributed by atoms with Gasteiger partial charge in [-0.3, -0.25) is 0 Å². The van der Waals surface area contributed by atoms with Gasteiger partial charge in [0, 0.05) is 19.6 Å². The van der Waals surface area contributed by atoms with Gasteiger partial charge in [0.15, 0.2) is 0 Å². The second-order valence-corrected chi connectivity index (χ2v) is 10.5. The summed E-state index contributed by atoms with van der Waals surface area (Å²) in [4.78, 5) is 30.8. The number of ether oxygens (including phenoxy) is 2. The second-order valence-electron chi connectivity index (χ2n) is 8.33. The minimum Gasteiger partial charge on any atom is -0.495 e. The number of hydrogen-bond acceptors (Lipinski definition) is 6. The first-order valence-electron chi connectivity index (χ1n) is 12.8. The molecule has 4 aromatic rings. The van der Waals surface area contributed by atoms with E-state index >= 15 is 0 Å². The number of rotatable bonds is 11. The molecular formula is C34H30O4S2. The monoisotopic (exact) mass is 566 g/mol. The predicted molar refractivity (Wildman–Crippen MR) is 165 cm³/mol. The number of hydrogen-bond donors (Lipinski definition) is 0. The van der Waals surface area contributed by atoms with E-state index in [1.54, 1.807) is 6.92 Å². The number of carbonyl (C=O) groups excluding carboxylic acids is 2. The fraction of sp³-hybridized carbons (Fsp3) is 0.0882. The summed E-state index contributed by atoms with van der Waals surface area (Å²) in [5.74, 6) is -1.26. The van der Waals surface area contributed by atoms with E-state index in [2.05, 4.69) is 6.92 Å². The lowest BCUT2D eigenvalue weighted by atomic mass is 9.99. The second kappa shape index (κ2) is 15.0. The van der Waals surface area contributed by atoms with Crippen LogP contribution in [0.5, 0.6) is 0 Å². The molecule has 4 aromatic carbocycles. The summed E-state index contributed by atoms with van der Waals surface area (Å²) < 4.78 is 11.1. The van der Waals surface area contributed by atoms with Gasteiger partial charge < -0.3 is 16.4 Å². The van der Waals surface area contributed by atoms with Gasteiger partial charge in [-0.1, -0.05) is 121 Å². The molecule has 0 spiro atoms. The van der Waals surface area contributed by atoms with Gasteiger partial charge in [-0.2, -0.15) is 0 Å². The van der Waals surface area contributed by atoms with Crippen LogP contribution in [0.1, 0.15) is 19.5 Å². The topological polar surface area (TPSA) is 52.6 Å². The van der Waals surface area contributed by atoms with E-state index < -0.39 is 11.9 Å². The SMILES string of the molecule is [CH2-]COC(=O)C(/C(C(=O)OCC)=C(\Sc1ccccc1)c1ccccc1)=C(/Sc1ccccc1)c1ccccc1.[H+]. The van der Waals surface area contributed by atoms with E-state index in [9.17, 15) is 9.59 Å². The van der Waals surface area contributed by atoms with Gasteiger partial charge in [-0.15, -0.1) is 0 Å². The zero-order chi connectivity index (χ0) is 28.2. The molecule has 0 atom stereocenters. The Morgan fingerprint density at radius 3 is 1.30 bits per heavy atom. The number of carbonyl (C=O) groups is 2. The molecule has 0 radical (unpaired) electrons. The molecule has 0 fully saturated rings. The van der Waals surface area contributed by atoms with Crippen LogP contribution >= 0.6 is 23.5 Å². The third-order valence-corrected chi connectivity index (χ3v) is 7.92. The van der Waals surface area contributed by atoms with Gasteiger partial charge in [0.1, 0.15) is 0 Å². The first-order valence-corrected chi connectivity index (χ1v) is 14.4. The zero-order valence-electron chi connectivity index (χ0n) is 23.1. The first kappa shape index (κ1) is 29.0. The van der Waals surface area contributed by atoms with Gasteiger partial charge >= 0.3 is 13.4 Å². The van der Waals surface area contributed by atoms with E-state index in [1.807, 2.05) is 121 Å². The van der Waals surface area contributed by atoms with Crippen molar-refractivity contribution in [3.8, 4) is 0 Å². The van der Waals surface area contributed by atoms with Crippen LogP contribution in [0.25, 0.3) is 9.81 Å². The quantitative estimate of drug-likeness (QED) is 0.0597. The summed E-state index contributed by atoms with van der Waals surface area (Å²) in [7, 11) is 0. The summed E-state index contributed by atoms with van der Waals surface area (Å²) in [6.45, 7) is 5.52. The van der Waals surface area contributed by atoms with Crippen LogP contribution in [0.3, 0.4) is 0 Å². The summed E-state index contributed by atoms with van der Waals surface area (Å²) in [6, 6.07) is 38.5. The molecule has 6 heteroatoms. The lowest BCUT2D eigenvalue weighted by molar-refractivity contribution is -0.141. The zero-order valence-corrected chi connectivity index (χ0v) is 23.8. The van der Waals surface area contributed by atoms with Crippen molar-refractivity contribution in [2.45, 2.75) is 16.7 Å². The highest BCUT2D eigenvalue weighted by Gasteiger charge is 2.32. The molecule has 202 valence electrons. The maximum Gasteiger partial charge on any atom is 1.00 e. The van der Waals surface area contributed by atoms with Crippen molar-refractivity contribution in [1.82, 2.24) is 0 Å². The van der Waals surface area contributed by atoms with Crippen molar-refractivity contribution < 1.29 is 20.5 Å². The highest BCUT2D eigenvalue weighted by molar-refractivity contribution is 8.09. The molecule has 0 amide bonds. The Bertz CT molecular complexity index is 1360.